The minimum Gasteiger partial charge on any atom is -0.270 e. The molecule has 0 fully saturated rings. The molecule has 0 saturated heterocycles. The van der Waals surface area contributed by atoms with Crippen molar-refractivity contribution < 1.29 is 8.42 Å². The third-order valence-corrected chi connectivity index (χ3v) is 3.33. The van der Waals surface area contributed by atoms with E-state index in [0.29, 0.717) is 6.54 Å². The van der Waals surface area contributed by atoms with Gasteiger partial charge in [-0.15, -0.1) is 0 Å². The average Bonchev–Trinajstić information content (AvgIpc) is 2.07. The van der Waals surface area contributed by atoms with Crippen LogP contribution in [0, 0.1) is 6.92 Å². The zero-order valence-electron chi connectivity index (χ0n) is 8.69. The first-order chi connectivity index (χ1) is 6.46. The van der Waals surface area contributed by atoms with E-state index in [4.69, 9.17) is 0 Å². The van der Waals surface area contributed by atoms with Crippen LogP contribution in [-0.4, -0.2) is 21.2 Å². The average molecular weight is 213 g/mol. The van der Waals surface area contributed by atoms with Gasteiger partial charge in [-0.05, 0) is 25.5 Å². The van der Waals surface area contributed by atoms with Crippen molar-refractivity contribution in [2.75, 3.05) is 17.1 Å². The number of para-hydroxylation sites is 1. The smallest absolute Gasteiger partial charge is 0.232 e. The molecule has 0 spiro atoms. The van der Waals surface area contributed by atoms with E-state index in [1.165, 1.54) is 10.6 Å². The van der Waals surface area contributed by atoms with Crippen molar-refractivity contribution >= 4 is 15.7 Å². The van der Waals surface area contributed by atoms with Gasteiger partial charge in [-0.1, -0.05) is 18.2 Å². The van der Waals surface area contributed by atoms with Crippen LogP contribution < -0.4 is 4.31 Å². The van der Waals surface area contributed by atoms with Crippen LogP contribution in [-0.2, 0) is 10.0 Å². The van der Waals surface area contributed by atoms with Gasteiger partial charge >= 0.3 is 0 Å². The Labute approximate surface area is 85.4 Å². The maximum Gasteiger partial charge on any atom is 0.232 e. The normalized spacial score (nSPS) is 11.4. The van der Waals surface area contributed by atoms with E-state index >= 15 is 0 Å². The molecular formula is C10H15NO2S. The first-order valence-corrected chi connectivity index (χ1v) is 6.35. The molecule has 0 atom stereocenters. The van der Waals surface area contributed by atoms with Crippen molar-refractivity contribution in [1.82, 2.24) is 0 Å². The predicted molar refractivity (Wildman–Crippen MR) is 59.0 cm³/mol. The Morgan fingerprint density at radius 1 is 1.29 bits per heavy atom. The summed E-state index contributed by atoms with van der Waals surface area (Å²) < 4.78 is 24.3. The summed E-state index contributed by atoms with van der Waals surface area (Å²) in [7, 11) is -3.16. The monoisotopic (exact) mass is 213 g/mol. The fourth-order valence-corrected chi connectivity index (χ4v) is 2.46. The van der Waals surface area contributed by atoms with Gasteiger partial charge in [-0.3, -0.25) is 4.31 Å². The van der Waals surface area contributed by atoms with Gasteiger partial charge in [-0.25, -0.2) is 8.42 Å². The van der Waals surface area contributed by atoms with Crippen LogP contribution in [0.3, 0.4) is 0 Å². The summed E-state index contributed by atoms with van der Waals surface area (Å²) in [6, 6.07) is 7.47. The number of hydrogen-bond acceptors (Lipinski definition) is 2. The van der Waals surface area contributed by atoms with E-state index in [2.05, 4.69) is 0 Å². The number of benzene rings is 1. The van der Waals surface area contributed by atoms with Gasteiger partial charge < -0.3 is 0 Å². The fourth-order valence-electron chi connectivity index (χ4n) is 1.43. The number of aryl methyl sites for hydroxylation is 1. The first kappa shape index (κ1) is 11.0. The number of anilines is 1. The number of hydrogen-bond donors (Lipinski definition) is 0. The maximum atomic E-state index is 11.4. The Balaban J connectivity index is 3.21. The van der Waals surface area contributed by atoms with Crippen LogP contribution in [0.15, 0.2) is 24.3 Å². The summed E-state index contributed by atoms with van der Waals surface area (Å²) in [5, 5.41) is 0. The molecule has 1 rings (SSSR count). The SMILES string of the molecule is CCN(c1ccccc1C)S(C)(=O)=O. The standard InChI is InChI=1S/C10H15NO2S/c1-4-11(14(3,12)13)10-8-6-5-7-9(10)2/h5-8H,4H2,1-3H3. The van der Waals surface area contributed by atoms with Gasteiger partial charge in [0.05, 0.1) is 11.9 Å². The van der Waals surface area contributed by atoms with E-state index in [1.807, 2.05) is 38.1 Å². The van der Waals surface area contributed by atoms with Crippen molar-refractivity contribution in [3.63, 3.8) is 0 Å². The molecule has 4 heteroatoms. The molecule has 0 aliphatic heterocycles. The molecular weight excluding hydrogens is 198 g/mol. The summed E-state index contributed by atoms with van der Waals surface area (Å²) >= 11 is 0. The number of nitrogens with zero attached hydrogens (tertiary/aromatic N) is 1. The second-order valence-electron chi connectivity index (χ2n) is 3.21. The zero-order chi connectivity index (χ0) is 10.8. The molecule has 0 amide bonds. The zero-order valence-corrected chi connectivity index (χ0v) is 9.50. The van der Waals surface area contributed by atoms with Crippen molar-refractivity contribution in [2.45, 2.75) is 13.8 Å². The Hall–Kier alpha value is -1.03. The molecule has 78 valence electrons. The van der Waals surface area contributed by atoms with Crippen molar-refractivity contribution in [3.8, 4) is 0 Å². The highest BCUT2D eigenvalue weighted by atomic mass is 32.2. The Kier molecular flexibility index (Phi) is 3.16. The molecule has 0 aliphatic rings. The van der Waals surface area contributed by atoms with Gasteiger partial charge in [0.1, 0.15) is 0 Å². The fraction of sp³-hybridized carbons (Fsp3) is 0.400. The van der Waals surface area contributed by atoms with Crippen LogP contribution in [0.1, 0.15) is 12.5 Å². The number of rotatable bonds is 3. The number of sulfonamides is 1. The molecule has 0 radical (unpaired) electrons. The summed E-state index contributed by atoms with van der Waals surface area (Å²) in [6.45, 7) is 4.19. The van der Waals surface area contributed by atoms with Gasteiger partial charge in [0.15, 0.2) is 0 Å². The highest BCUT2D eigenvalue weighted by molar-refractivity contribution is 7.92. The Morgan fingerprint density at radius 3 is 2.29 bits per heavy atom. The van der Waals surface area contributed by atoms with E-state index in [-0.39, 0.29) is 0 Å². The van der Waals surface area contributed by atoms with Crippen LogP contribution in [0.5, 0.6) is 0 Å². The van der Waals surface area contributed by atoms with Gasteiger partial charge in [0.2, 0.25) is 10.0 Å². The lowest BCUT2D eigenvalue weighted by atomic mass is 10.2. The van der Waals surface area contributed by atoms with Gasteiger partial charge in [0.25, 0.3) is 0 Å². The molecule has 0 aromatic heterocycles. The minimum absolute atomic E-state index is 0.462. The Morgan fingerprint density at radius 2 is 1.86 bits per heavy atom. The molecule has 0 bridgehead atoms. The van der Waals surface area contributed by atoms with Gasteiger partial charge in [0, 0.05) is 6.54 Å². The largest absolute Gasteiger partial charge is 0.270 e. The molecule has 0 N–H and O–H groups in total. The lowest BCUT2D eigenvalue weighted by Crippen LogP contribution is -2.29. The van der Waals surface area contributed by atoms with E-state index in [9.17, 15) is 8.42 Å². The van der Waals surface area contributed by atoms with Crippen LogP contribution >= 0.6 is 0 Å². The van der Waals surface area contributed by atoms with Crippen molar-refractivity contribution in [2.24, 2.45) is 0 Å². The highest BCUT2D eigenvalue weighted by Crippen LogP contribution is 2.21. The maximum absolute atomic E-state index is 11.4. The minimum atomic E-state index is -3.16. The second-order valence-corrected chi connectivity index (χ2v) is 5.12. The highest BCUT2D eigenvalue weighted by Gasteiger charge is 2.16. The van der Waals surface area contributed by atoms with E-state index in [0.717, 1.165) is 11.3 Å². The van der Waals surface area contributed by atoms with Crippen LogP contribution in [0.2, 0.25) is 0 Å². The summed E-state index contributed by atoms with van der Waals surface area (Å²) in [5.41, 5.74) is 1.73. The van der Waals surface area contributed by atoms with E-state index in [1.54, 1.807) is 0 Å². The molecule has 0 aliphatic carbocycles. The third kappa shape index (κ3) is 2.26. The topological polar surface area (TPSA) is 37.4 Å². The molecule has 0 unspecified atom stereocenters. The summed E-state index contributed by atoms with van der Waals surface area (Å²) in [4.78, 5) is 0. The second kappa shape index (κ2) is 4.00. The van der Waals surface area contributed by atoms with Crippen LogP contribution in [0.4, 0.5) is 5.69 Å². The summed E-state index contributed by atoms with van der Waals surface area (Å²) in [5.74, 6) is 0. The molecule has 3 nitrogen and oxygen atoms in total. The quantitative estimate of drug-likeness (QED) is 0.767. The van der Waals surface area contributed by atoms with E-state index < -0.39 is 10.0 Å². The molecule has 0 heterocycles. The molecule has 1 aromatic carbocycles. The predicted octanol–water partition coefficient (Wildman–Crippen LogP) is 1.78. The first-order valence-electron chi connectivity index (χ1n) is 4.50. The van der Waals surface area contributed by atoms with Crippen LogP contribution in [0.25, 0.3) is 0 Å². The molecule has 14 heavy (non-hydrogen) atoms. The van der Waals surface area contributed by atoms with Gasteiger partial charge in [-0.2, -0.15) is 0 Å². The Bertz CT molecular complexity index is 412. The molecule has 1 aromatic rings. The lowest BCUT2D eigenvalue weighted by Gasteiger charge is -2.22. The third-order valence-electron chi connectivity index (χ3n) is 2.07. The lowest BCUT2D eigenvalue weighted by molar-refractivity contribution is 0.597. The summed E-state index contributed by atoms with van der Waals surface area (Å²) in [6.07, 6.45) is 1.23. The van der Waals surface area contributed by atoms with Crippen molar-refractivity contribution in [3.05, 3.63) is 29.8 Å². The van der Waals surface area contributed by atoms with Crippen molar-refractivity contribution in [1.29, 1.82) is 0 Å². The molecule has 0 saturated carbocycles.